The highest BCUT2D eigenvalue weighted by atomic mass is 35.5. The van der Waals surface area contributed by atoms with Gasteiger partial charge in [0.2, 0.25) is 0 Å². The number of fused-ring (bicyclic) bond motifs is 1. The number of thiocarbonyl (C=S) groups is 1. The van der Waals surface area contributed by atoms with E-state index >= 15 is 0 Å². The molecule has 0 bridgehead atoms. The van der Waals surface area contributed by atoms with Crippen LogP contribution in [0, 0.1) is 6.92 Å². The quantitative estimate of drug-likeness (QED) is 0.247. The molecule has 0 spiro atoms. The van der Waals surface area contributed by atoms with E-state index in [2.05, 4.69) is 10.3 Å². The van der Waals surface area contributed by atoms with Crippen molar-refractivity contribution in [2.75, 3.05) is 31.7 Å². The Morgan fingerprint density at radius 1 is 1.23 bits per heavy atom. The van der Waals surface area contributed by atoms with Crippen LogP contribution in [-0.2, 0) is 16.1 Å². The van der Waals surface area contributed by atoms with Crippen molar-refractivity contribution in [2.24, 2.45) is 0 Å². The Hall–Kier alpha value is -2.76. The molecule has 0 unspecified atom stereocenters. The fourth-order valence-corrected chi connectivity index (χ4v) is 4.98. The summed E-state index contributed by atoms with van der Waals surface area (Å²) in [5.74, 6) is 0.0409. The Morgan fingerprint density at radius 2 is 2.03 bits per heavy atom. The third-order valence-electron chi connectivity index (χ3n) is 5.29. The third-order valence-corrected chi connectivity index (χ3v) is 7.04. The number of ether oxygens (including phenoxy) is 1. The molecule has 2 N–H and O–H groups in total. The zero-order chi connectivity index (χ0) is 24.9. The van der Waals surface area contributed by atoms with Gasteiger partial charge in [0.25, 0.3) is 11.5 Å². The van der Waals surface area contributed by atoms with Gasteiger partial charge in [0.15, 0.2) is 0 Å². The molecule has 8 nitrogen and oxygen atoms in total. The van der Waals surface area contributed by atoms with Gasteiger partial charge in [-0.15, -0.1) is 0 Å². The van der Waals surface area contributed by atoms with Crippen molar-refractivity contribution in [3.05, 3.63) is 79.6 Å². The number of hydrogen-bond donors (Lipinski definition) is 2. The molecule has 2 aromatic heterocycles. The first-order valence-corrected chi connectivity index (χ1v) is 12.4. The number of rotatable bonds is 9. The van der Waals surface area contributed by atoms with E-state index in [-0.39, 0.29) is 36.8 Å². The lowest BCUT2D eigenvalue weighted by Gasteiger charge is -2.15. The van der Waals surface area contributed by atoms with Gasteiger partial charge in [-0.25, -0.2) is 4.98 Å². The van der Waals surface area contributed by atoms with Gasteiger partial charge in [0, 0.05) is 17.8 Å². The molecule has 3 heterocycles. The number of amides is 1. The zero-order valence-electron chi connectivity index (χ0n) is 18.9. The number of nitrogens with one attached hydrogen (secondary N) is 1. The predicted molar refractivity (Wildman–Crippen MR) is 143 cm³/mol. The van der Waals surface area contributed by atoms with Crippen LogP contribution in [0.5, 0.6) is 0 Å². The molecule has 0 atom stereocenters. The summed E-state index contributed by atoms with van der Waals surface area (Å²) in [6, 6.07) is 10.9. The summed E-state index contributed by atoms with van der Waals surface area (Å²) < 4.78 is 7.14. The van der Waals surface area contributed by atoms with Crippen LogP contribution < -0.4 is 10.9 Å². The molecule has 0 radical (unpaired) electrons. The van der Waals surface area contributed by atoms with Crippen LogP contribution in [-0.4, -0.2) is 56.0 Å². The summed E-state index contributed by atoms with van der Waals surface area (Å²) in [7, 11) is 0. The average Bonchev–Trinajstić information content (AvgIpc) is 3.10. The maximum absolute atomic E-state index is 13.4. The number of aryl methyl sites for hydroxylation is 1. The molecule has 1 amide bonds. The topological polar surface area (TPSA) is 96.2 Å². The summed E-state index contributed by atoms with van der Waals surface area (Å²) in [4.78, 5) is 33.1. The van der Waals surface area contributed by atoms with Crippen molar-refractivity contribution in [3.8, 4) is 0 Å². The number of thioether (sulfide) groups is 1. The van der Waals surface area contributed by atoms with E-state index in [1.54, 1.807) is 18.3 Å². The van der Waals surface area contributed by atoms with Gasteiger partial charge in [-0.05, 0) is 36.3 Å². The predicted octanol–water partition coefficient (Wildman–Crippen LogP) is 3.48. The minimum absolute atomic E-state index is 0.0734. The van der Waals surface area contributed by atoms with Gasteiger partial charge in [-0.1, -0.05) is 59.8 Å². The normalized spacial score (nSPS) is 14.9. The van der Waals surface area contributed by atoms with E-state index in [1.165, 1.54) is 15.4 Å². The lowest BCUT2D eigenvalue weighted by Crippen LogP contribution is -2.27. The molecule has 1 aliphatic rings. The second-order valence-corrected chi connectivity index (χ2v) is 9.77. The molecule has 11 heteroatoms. The van der Waals surface area contributed by atoms with Crippen molar-refractivity contribution in [1.29, 1.82) is 0 Å². The van der Waals surface area contributed by atoms with Crippen molar-refractivity contribution >= 4 is 63.3 Å². The summed E-state index contributed by atoms with van der Waals surface area (Å²) >= 11 is 12.9. The van der Waals surface area contributed by atoms with Gasteiger partial charge in [-0.2, -0.15) is 0 Å². The van der Waals surface area contributed by atoms with Crippen LogP contribution in [0.3, 0.4) is 0 Å². The number of carbonyl (C=O) groups excluding carboxylic acids is 1. The molecule has 4 rings (SSSR count). The molecule has 1 saturated heterocycles. The Bertz CT molecular complexity index is 1380. The smallest absolute Gasteiger partial charge is 0.267 e. The summed E-state index contributed by atoms with van der Waals surface area (Å²) in [5, 5.41) is 12.6. The lowest BCUT2D eigenvalue weighted by atomic mass is 10.2. The summed E-state index contributed by atoms with van der Waals surface area (Å²) in [5.41, 5.74) is 2.06. The molecule has 1 aliphatic heterocycles. The molecule has 1 fully saturated rings. The standard InChI is InChI=1S/C24H23ClN4O4S2/c1-15-5-4-9-28-21(15)27-20(26-8-11-33-12-10-30)17(22(28)31)13-19-23(32)29(24(34)35-19)14-16-6-2-3-7-18(16)25/h2-7,9,13,26,30H,8,10-12,14H2,1H3/b19-13-. The Kier molecular flexibility index (Phi) is 8.19. The van der Waals surface area contributed by atoms with Gasteiger partial charge >= 0.3 is 0 Å². The number of nitrogens with zero attached hydrogens (tertiary/aromatic N) is 3. The highest BCUT2D eigenvalue weighted by Crippen LogP contribution is 2.34. The largest absolute Gasteiger partial charge is 0.394 e. The number of aliphatic hydroxyl groups is 1. The highest BCUT2D eigenvalue weighted by Gasteiger charge is 2.33. The number of aromatic nitrogens is 2. The van der Waals surface area contributed by atoms with Crippen molar-refractivity contribution in [2.45, 2.75) is 13.5 Å². The molecule has 0 aliphatic carbocycles. The van der Waals surface area contributed by atoms with Crippen molar-refractivity contribution in [1.82, 2.24) is 14.3 Å². The summed E-state index contributed by atoms with van der Waals surface area (Å²) in [6.45, 7) is 2.93. The Labute approximate surface area is 216 Å². The van der Waals surface area contributed by atoms with E-state index in [1.807, 2.05) is 31.2 Å². The van der Waals surface area contributed by atoms with Crippen LogP contribution >= 0.6 is 35.6 Å². The average molecular weight is 531 g/mol. The maximum atomic E-state index is 13.4. The van der Waals surface area contributed by atoms with Crippen LogP contribution in [0.1, 0.15) is 16.7 Å². The SMILES string of the molecule is Cc1cccn2c(=O)c(/C=C3\SC(=S)N(Cc4ccccc4Cl)C3=O)c(NCCOCCO)nc12. The molecule has 0 saturated carbocycles. The number of pyridine rings is 1. The van der Waals surface area contributed by atoms with Crippen LogP contribution in [0.15, 0.2) is 52.3 Å². The molecule has 3 aromatic rings. The van der Waals surface area contributed by atoms with E-state index in [0.29, 0.717) is 38.9 Å². The number of benzene rings is 1. The number of hydrogen-bond acceptors (Lipinski definition) is 8. The fourth-order valence-electron chi connectivity index (χ4n) is 3.55. The first-order valence-electron chi connectivity index (χ1n) is 10.8. The molecular formula is C24H23ClN4O4S2. The van der Waals surface area contributed by atoms with E-state index in [4.69, 9.17) is 33.7 Å². The lowest BCUT2D eigenvalue weighted by molar-refractivity contribution is -0.122. The van der Waals surface area contributed by atoms with Crippen LogP contribution in [0.4, 0.5) is 5.82 Å². The highest BCUT2D eigenvalue weighted by molar-refractivity contribution is 8.26. The zero-order valence-corrected chi connectivity index (χ0v) is 21.3. The van der Waals surface area contributed by atoms with E-state index in [0.717, 1.165) is 22.9 Å². The number of aliphatic hydroxyl groups excluding tert-OH is 1. The van der Waals surface area contributed by atoms with Gasteiger partial charge in [0.05, 0.1) is 36.8 Å². The molecule has 35 heavy (non-hydrogen) atoms. The maximum Gasteiger partial charge on any atom is 0.267 e. The molecule has 182 valence electrons. The Morgan fingerprint density at radius 3 is 2.80 bits per heavy atom. The van der Waals surface area contributed by atoms with Gasteiger partial charge in [-0.3, -0.25) is 18.9 Å². The first kappa shape index (κ1) is 25.3. The monoisotopic (exact) mass is 530 g/mol. The first-order chi connectivity index (χ1) is 16.9. The van der Waals surface area contributed by atoms with Crippen molar-refractivity contribution < 1.29 is 14.6 Å². The van der Waals surface area contributed by atoms with E-state index in [9.17, 15) is 9.59 Å². The minimum Gasteiger partial charge on any atom is -0.394 e. The van der Waals surface area contributed by atoms with Gasteiger partial charge in [0.1, 0.15) is 15.8 Å². The van der Waals surface area contributed by atoms with E-state index < -0.39 is 0 Å². The summed E-state index contributed by atoms with van der Waals surface area (Å²) in [6.07, 6.45) is 3.18. The number of halogens is 1. The molecular weight excluding hydrogens is 508 g/mol. The minimum atomic E-state index is -0.311. The second kappa shape index (κ2) is 11.3. The van der Waals surface area contributed by atoms with Crippen LogP contribution in [0.2, 0.25) is 5.02 Å². The fraction of sp³-hybridized carbons (Fsp3) is 0.250. The van der Waals surface area contributed by atoms with Gasteiger partial charge < -0.3 is 15.2 Å². The van der Waals surface area contributed by atoms with Crippen molar-refractivity contribution in [3.63, 3.8) is 0 Å². The number of anilines is 1. The Balaban J connectivity index is 1.69. The third kappa shape index (κ3) is 5.57. The van der Waals surface area contributed by atoms with Crippen LogP contribution in [0.25, 0.3) is 11.7 Å². The molecule has 1 aromatic carbocycles. The number of carbonyl (C=O) groups is 1. The second-order valence-electron chi connectivity index (χ2n) is 7.69.